The van der Waals surface area contributed by atoms with Crippen LogP contribution in [0.5, 0.6) is 11.5 Å². The first-order valence-electron chi connectivity index (χ1n) is 8.82. The molecule has 25 heavy (non-hydrogen) atoms. The van der Waals surface area contributed by atoms with Gasteiger partial charge in [-0.25, -0.2) is 0 Å². The van der Waals surface area contributed by atoms with Crippen molar-refractivity contribution >= 4 is 16.6 Å². The van der Waals surface area contributed by atoms with Gasteiger partial charge in [0.2, 0.25) is 5.82 Å². The molecule has 0 saturated carbocycles. The van der Waals surface area contributed by atoms with Crippen LogP contribution in [0, 0.1) is 5.82 Å². The Bertz CT molecular complexity index is 614. The summed E-state index contributed by atoms with van der Waals surface area (Å²) < 4.78 is 26.6. The van der Waals surface area contributed by atoms with E-state index in [4.69, 9.17) is 8.85 Å². The van der Waals surface area contributed by atoms with Gasteiger partial charge in [-0.1, -0.05) is 41.5 Å². The number of rotatable bonds is 5. The average molecular weight is 387 g/mol. The summed E-state index contributed by atoms with van der Waals surface area (Å²) in [5, 5.41) is 10.0. The lowest BCUT2D eigenvalue weighted by Crippen LogP contribution is -2.44. The lowest BCUT2D eigenvalue weighted by Gasteiger charge is -2.37. The smallest absolute Gasteiger partial charge is 0.250 e. The van der Waals surface area contributed by atoms with Gasteiger partial charge in [0.25, 0.3) is 8.32 Å². The van der Waals surface area contributed by atoms with Crippen molar-refractivity contribution in [3.05, 3.63) is 23.5 Å². The Morgan fingerprint density at radius 3 is 1.84 bits per heavy atom. The van der Waals surface area contributed by atoms with Crippen LogP contribution in [0.3, 0.4) is 0 Å². The van der Waals surface area contributed by atoms with Crippen LogP contribution in [0.15, 0.2) is 12.1 Å². The fraction of sp³-hybridized carbons (Fsp3) is 0.684. The van der Waals surface area contributed by atoms with E-state index in [1.165, 1.54) is 6.07 Å². The SMILES string of the molecule is CC(C)(C)[Si](C)(C)OCc1cc(O)c(F)c(O[Si](C)(C)C(C)(C)C)c1. The minimum absolute atomic E-state index is 0.0529. The molecule has 0 bridgehead atoms. The van der Waals surface area contributed by atoms with Crippen LogP contribution in [0.4, 0.5) is 4.39 Å². The van der Waals surface area contributed by atoms with Crippen molar-refractivity contribution in [1.29, 1.82) is 0 Å². The molecule has 0 radical (unpaired) electrons. The first kappa shape index (κ1) is 22.2. The first-order valence-corrected chi connectivity index (χ1v) is 14.6. The van der Waals surface area contributed by atoms with Crippen LogP contribution in [-0.2, 0) is 11.0 Å². The summed E-state index contributed by atoms with van der Waals surface area (Å²) in [6.45, 7) is 21.6. The summed E-state index contributed by atoms with van der Waals surface area (Å²) >= 11 is 0. The number of phenolic OH excluding ortho intramolecular Hbond substituents is 1. The van der Waals surface area contributed by atoms with E-state index in [9.17, 15) is 9.50 Å². The second kappa shape index (κ2) is 7.04. The fourth-order valence-electron chi connectivity index (χ4n) is 1.70. The largest absolute Gasteiger partial charge is 0.541 e. The summed E-state index contributed by atoms with van der Waals surface area (Å²) in [5.74, 6) is -0.952. The molecule has 6 heteroatoms. The summed E-state index contributed by atoms with van der Waals surface area (Å²) in [4.78, 5) is 0. The Labute approximate surface area is 154 Å². The third-order valence-corrected chi connectivity index (χ3v) is 14.5. The van der Waals surface area contributed by atoms with Crippen LogP contribution in [0.25, 0.3) is 0 Å². The molecular weight excluding hydrogens is 351 g/mol. The zero-order valence-corrected chi connectivity index (χ0v) is 19.5. The Morgan fingerprint density at radius 1 is 0.920 bits per heavy atom. The van der Waals surface area contributed by atoms with E-state index >= 15 is 0 Å². The Hall–Kier alpha value is -0.856. The lowest BCUT2D eigenvalue weighted by molar-refractivity contribution is 0.274. The predicted octanol–water partition coefficient (Wildman–Crippen LogP) is 6.44. The van der Waals surface area contributed by atoms with Crippen LogP contribution in [0.1, 0.15) is 47.1 Å². The van der Waals surface area contributed by atoms with Crippen LogP contribution in [0.2, 0.25) is 36.3 Å². The summed E-state index contributed by atoms with van der Waals surface area (Å²) in [5.41, 5.74) is 0.734. The van der Waals surface area contributed by atoms with Gasteiger partial charge in [0, 0.05) is 0 Å². The Kier molecular flexibility index (Phi) is 6.25. The van der Waals surface area contributed by atoms with Gasteiger partial charge in [0.05, 0.1) is 6.61 Å². The van der Waals surface area contributed by atoms with Crippen molar-refractivity contribution in [3.63, 3.8) is 0 Å². The molecule has 0 aromatic heterocycles. The Morgan fingerprint density at radius 2 is 1.40 bits per heavy atom. The third-order valence-electron chi connectivity index (χ3n) is 5.66. The van der Waals surface area contributed by atoms with Crippen LogP contribution < -0.4 is 4.43 Å². The highest BCUT2D eigenvalue weighted by Gasteiger charge is 2.40. The van der Waals surface area contributed by atoms with Crippen LogP contribution in [-0.4, -0.2) is 21.7 Å². The van der Waals surface area contributed by atoms with E-state index in [2.05, 4.69) is 67.7 Å². The summed E-state index contributed by atoms with van der Waals surface area (Å²) in [6, 6.07) is 3.10. The number of benzene rings is 1. The van der Waals surface area contributed by atoms with Crippen molar-refractivity contribution in [1.82, 2.24) is 0 Å². The van der Waals surface area contributed by atoms with Gasteiger partial charge in [-0.05, 0) is 54.0 Å². The molecule has 1 N–H and O–H groups in total. The highest BCUT2D eigenvalue weighted by Crippen LogP contribution is 2.40. The summed E-state index contributed by atoms with van der Waals surface area (Å²) in [6.07, 6.45) is 0. The van der Waals surface area contributed by atoms with Gasteiger partial charge in [-0.3, -0.25) is 0 Å². The van der Waals surface area contributed by atoms with E-state index < -0.39 is 22.5 Å². The highest BCUT2D eigenvalue weighted by molar-refractivity contribution is 6.75. The molecule has 1 aromatic carbocycles. The average Bonchev–Trinajstić information content (AvgIpc) is 2.39. The van der Waals surface area contributed by atoms with Gasteiger partial charge >= 0.3 is 0 Å². The quantitative estimate of drug-likeness (QED) is 0.592. The zero-order chi connectivity index (χ0) is 19.8. The molecule has 0 aliphatic heterocycles. The molecule has 0 saturated heterocycles. The maximum atomic E-state index is 14.4. The van der Waals surface area contributed by atoms with E-state index in [0.29, 0.717) is 6.61 Å². The van der Waals surface area contributed by atoms with Crippen molar-refractivity contribution in [2.24, 2.45) is 0 Å². The monoisotopic (exact) mass is 386 g/mol. The lowest BCUT2D eigenvalue weighted by atomic mass is 10.2. The van der Waals surface area contributed by atoms with Crippen molar-refractivity contribution in [2.75, 3.05) is 0 Å². The molecule has 0 spiro atoms. The van der Waals surface area contributed by atoms with Crippen molar-refractivity contribution in [2.45, 2.75) is 84.4 Å². The maximum absolute atomic E-state index is 14.4. The minimum atomic E-state index is -2.20. The molecule has 0 amide bonds. The highest BCUT2D eigenvalue weighted by atomic mass is 28.4. The molecular formula is C19H35FO3Si2. The molecule has 0 fully saturated rings. The van der Waals surface area contributed by atoms with E-state index in [1.807, 2.05) is 0 Å². The topological polar surface area (TPSA) is 38.7 Å². The van der Waals surface area contributed by atoms with Gasteiger partial charge in [-0.2, -0.15) is 4.39 Å². The van der Waals surface area contributed by atoms with Gasteiger partial charge in [-0.15, -0.1) is 0 Å². The minimum Gasteiger partial charge on any atom is -0.541 e. The van der Waals surface area contributed by atoms with Crippen molar-refractivity contribution in [3.8, 4) is 11.5 Å². The van der Waals surface area contributed by atoms with E-state index in [0.717, 1.165) is 5.56 Å². The van der Waals surface area contributed by atoms with E-state index in [1.54, 1.807) is 6.07 Å². The first-order chi connectivity index (χ1) is 11.0. The Balaban J connectivity index is 3.09. The second-order valence-electron chi connectivity index (χ2n) is 9.84. The molecule has 0 atom stereocenters. The molecule has 1 rings (SSSR count). The molecule has 0 aliphatic carbocycles. The molecule has 0 unspecified atom stereocenters. The molecule has 1 aromatic rings. The number of phenols is 1. The van der Waals surface area contributed by atoms with E-state index in [-0.39, 0.29) is 21.6 Å². The number of hydrogen-bond donors (Lipinski definition) is 1. The van der Waals surface area contributed by atoms with Gasteiger partial charge in [0.15, 0.2) is 14.1 Å². The number of aromatic hydroxyl groups is 1. The number of halogens is 1. The molecule has 144 valence electrons. The maximum Gasteiger partial charge on any atom is 0.250 e. The number of hydrogen-bond acceptors (Lipinski definition) is 3. The molecule has 0 heterocycles. The standard InChI is InChI=1S/C19H35FO3Si2/c1-18(2,3)24(7,8)22-13-14-11-15(21)17(20)16(12-14)23-25(9,10)19(4,5)6/h11-12,21H,13H2,1-10H3. The van der Waals surface area contributed by atoms with Gasteiger partial charge < -0.3 is 14.0 Å². The van der Waals surface area contributed by atoms with Gasteiger partial charge in [0.1, 0.15) is 5.75 Å². The molecule has 0 aliphatic rings. The third kappa shape index (κ3) is 5.31. The normalized spacial score (nSPS) is 13.9. The van der Waals surface area contributed by atoms with Crippen LogP contribution >= 0.6 is 0 Å². The zero-order valence-electron chi connectivity index (χ0n) is 17.5. The van der Waals surface area contributed by atoms with Crippen molar-refractivity contribution < 1.29 is 18.3 Å². The second-order valence-corrected chi connectivity index (χ2v) is 19.4. The predicted molar refractivity (Wildman–Crippen MR) is 108 cm³/mol. The fourth-order valence-corrected chi connectivity index (χ4v) is 3.67. The molecule has 3 nitrogen and oxygen atoms in total. The summed E-state index contributed by atoms with van der Waals surface area (Å²) in [7, 11) is -4.12.